The zero-order valence-corrected chi connectivity index (χ0v) is 21.5. The van der Waals surface area contributed by atoms with Crippen molar-refractivity contribution in [3.8, 4) is 22.9 Å². The van der Waals surface area contributed by atoms with E-state index in [1.807, 2.05) is 48.5 Å². The highest BCUT2D eigenvalue weighted by molar-refractivity contribution is 6.35. The number of halogens is 2. The number of methoxy groups -OCH3 is 1. The molecule has 0 radical (unpaired) electrons. The van der Waals surface area contributed by atoms with Crippen molar-refractivity contribution in [2.75, 3.05) is 7.11 Å². The van der Waals surface area contributed by atoms with Crippen LogP contribution in [0.5, 0.6) is 11.5 Å². The predicted octanol–water partition coefficient (Wildman–Crippen LogP) is 7.32. The zero-order chi connectivity index (χ0) is 24.9. The number of hydrogen-bond acceptors (Lipinski definition) is 5. The Morgan fingerprint density at radius 3 is 2.61 bits per heavy atom. The molecule has 36 heavy (non-hydrogen) atoms. The van der Waals surface area contributed by atoms with Crippen LogP contribution in [0.4, 0.5) is 5.69 Å². The molecule has 0 atom stereocenters. The van der Waals surface area contributed by atoms with Crippen LogP contribution in [0.3, 0.4) is 0 Å². The highest BCUT2D eigenvalue weighted by Gasteiger charge is 2.15. The highest BCUT2D eigenvalue weighted by Crippen LogP contribution is 2.30. The average Bonchev–Trinajstić information content (AvgIpc) is 3.15. The predicted molar refractivity (Wildman–Crippen MR) is 144 cm³/mol. The van der Waals surface area contributed by atoms with E-state index in [4.69, 9.17) is 32.7 Å². The Kier molecular flexibility index (Phi) is 7.54. The first-order valence-electron chi connectivity index (χ1n) is 11.9. The maximum absolute atomic E-state index is 6.25. The second-order valence-electron chi connectivity index (χ2n) is 8.64. The fourth-order valence-corrected chi connectivity index (χ4v) is 4.69. The molecule has 0 spiro atoms. The van der Waals surface area contributed by atoms with Gasteiger partial charge in [-0.1, -0.05) is 35.7 Å². The third-order valence-electron chi connectivity index (χ3n) is 6.18. The summed E-state index contributed by atoms with van der Waals surface area (Å²) in [4.78, 5) is 4.63. The van der Waals surface area contributed by atoms with Crippen LogP contribution in [-0.4, -0.2) is 28.1 Å². The van der Waals surface area contributed by atoms with Crippen LogP contribution in [0, 0.1) is 0 Å². The monoisotopic (exact) mass is 520 g/mol. The lowest BCUT2D eigenvalue weighted by Crippen LogP contribution is -2.02. The van der Waals surface area contributed by atoms with Gasteiger partial charge in [0.25, 0.3) is 0 Å². The lowest BCUT2D eigenvalue weighted by atomic mass is 10.2. The average molecular weight is 521 g/mol. The molecule has 1 aliphatic rings. The molecular formula is C28H26Cl2N4O2. The molecule has 0 saturated heterocycles. The van der Waals surface area contributed by atoms with Crippen molar-refractivity contribution in [1.29, 1.82) is 0 Å². The smallest absolute Gasteiger partial charge is 0.163 e. The Hall–Kier alpha value is -3.35. The molecule has 4 aromatic rings. The normalized spacial score (nSPS) is 13.4. The van der Waals surface area contributed by atoms with Gasteiger partial charge in [-0.25, -0.2) is 0 Å². The minimum atomic E-state index is 0.307. The molecule has 0 bridgehead atoms. The summed E-state index contributed by atoms with van der Waals surface area (Å²) >= 11 is 12.2. The Morgan fingerprint density at radius 1 is 0.944 bits per heavy atom. The van der Waals surface area contributed by atoms with Crippen LogP contribution in [-0.2, 0) is 19.6 Å². The summed E-state index contributed by atoms with van der Waals surface area (Å²) in [7, 11) is 1.61. The van der Waals surface area contributed by atoms with E-state index in [0.717, 1.165) is 47.0 Å². The van der Waals surface area contributed by atoms with Crippen LogP contribution in [0.1, 0.15) is 36.2 Å². The summed E-state index contributed by atoms with van der Waals surface area (Å²) in [5.41, 5.74) is 3.65. The van der Waals surface area contributed by atoms with Crippen molar-refractivity contribution in [2.45, 2.75) is 38.8 Å². The fourth-order valence-electron chi connectivity index (χ4n) is 4.22. The van der Waals surface area contributed by atoms with E-state index in [1.54, 1.807) is 25.5 Å². The lowest BCUT2D eigenvalue weighted by molar-refractivity contribution is 0.284. The summed E-state index contributed by atoms with van der Waals surface area (Å²) in [5.74, 6) is 3.26. The van der Waals surface area contributed by atoms with Crippen molar-refractivity contribution in [1.82, 2.24) is 14.8 Å². The number of benzene rings is 3. The Labute approximate surface area is 220 Å². The molecule has 0 aliphatic carbocycles. The maximum Gasteiger partial charge on any atom is 0.163 e. The van der Waals surface area contributed by atoms with Gasteiger partial charge in [-0.2, -0.15) is 0 Å². The van der Waals surface area contributed by atoms with Gasteiger partial charge in [-0.15, -0.1) is 10.2 Å². The number of aromatic nitrogens is 3. The van der Waals surface area contributed by atoms with Crippen LogP contribution in [0.15, 0.2) is 65.7 Å². The molecule has 8 heteroatoms. The summed E-state index contributed by atoms with van der Waals surface area (Å²) in [6.45, 7) is 1.28. The Bertz CT molecular complexity index is 1380. The standard InChI is InChI=1S/C28H26Cl2N4O2/c1-35-26-15-19(6-13-25(26)36-18-21-7-10-22(29)16-24(21)30)17-31-23-11-8-20(9-12-23)28-33-32-27-5-3-2-4-14-34(27)28/h6-13,15-17H,2-5,14,18H2,1H3. The molecule has 1 aliphatic heterocycles. The van der Waals surface area contributed by atoms with Crippen molar-refractivity contribution >= 4 is 35.1 Å². The zero-order valence-electron chi connectivity index (χ0n) is 20.0. The molecule has 1 aromatic heterocycles. The van der Waals surface area contributed by atoms with Gasteiger partial charge in [0.15, 0.2) is 17.3 Å². The molecule has 5 rings (SSSR count). The SMILES string of the molecule is COc1cc(C=Nc2ccc(-c3nnc4n3CCCCC4)cc2)ccc1OCc1ccc(Cl)cc1Cl. The third kappa shape index (κ3) is 5.55. The molecule has 6 nitrogen and oxygen atoms in total. The van der Waals surface area contributed by atoms with Gasteiger partial charge in [0.1, 0.15) is 12.4 Å². The highest BCUT2D eigenvalue weighted by atomic mass is 35.5. The second-order valence-corrected chi connectivity index (χ2v) is 9.49. The molecule has 0 N–H and O–H groups in total. The molecule has 0 unspecified atom stereocenters. The molecule has 3 aromatic carbocycles. The first kappa shape index (κ1) is 24.3. The van der Waals surface area contributed by atoms with Gasteiger partial charge < -0.3 is 14.0 Å². The largest absolute Gasteiger partial charge is 0.493 e. The van der Waals surface area contributed by atoms with Gasteiger partial charge in [0.05, 0.1) is 12.8 Å². The van der Waals surface area contributed by atoms with Gasteiger partial charge in [0, 0.05) is 40.4 Å². The molecule has 0 fully saturated rings. The first-order valence-corrected chi connectivity index (χ1v) is 12.7. The van der Waals surface area contributed by atoms with Gasteiger partial charge >= 0.3 is 0 Å². The number of rotatable bonds is 7. The molecule has 184 valence electrons. The molecule has 2 heterocycles. The third-order valence-corrected chi connectivity index (χ3v) is 6.77. The van der Waals surface area contributed by atoms with E-state index in [1.165, 1.54) is 19.3 Å². The Morgan fingerprint density at radius 2 is 1.81 bits per heavy atom. The lowest BCUT2D eigenvalue weighted by Gasteiger charge is -2.12. The minimum Gasteiger partial charge on any atom is -0.493 e. The van der Waals surface area contributed by atoms with Gasteiger partial charge in [-0.3, -0.25) is 4.99 Å². The van der Waals surface area contributed by atoms with E-state index in [0.29, 0.717) is 28.2 Å². The summed E-state index contributed by atoms with van der Waals surface area (Å²) in [5, 5.41) is 10.00. The van der Waals surface area contributed by atoms with Gasteiger partial charge in [0.2, 0.25) is 0 Å². The van der Waals surface area contributed by atoms with E-state index in [2.05, 4.69) is 19.8 Å². The molecule has 0 saturated carbocycles. The molecule has 0 amide bonds. The number of fused-ring (bicyclic) bond motifs is 1. The summed E-state index contributed by atoms with van der Waals surface area (Å²) < 4.78 is 13.7. The molecular weight excluding hydrogens is 495 g/mol. The van der Waals surface area contributed by atoms with E-state index < -0.39 is 0 Å². The minimum absolute atomic E-state index is 0.307. The maximum atomic E-state index is 6.25. The van der Waals surface area contributed by atoms with E-state index in [-0.39, 0.29) is 0 Å². The van der Waals surface area contributed by atoms with Crippen LogP contribution in [0.2, 0.25) is 10.0 Å². The first-order chi connectivity index (χ1) is 17.6. The van der Waals surface area contributed by atoms with Gasteiger partial charge in [-0.05, 0) is 73.0 Å². The fraction of sp³-hybridized carbons (Fsp3) is 0.250. The van der Waals surface area contributed by atoms with Crippen molar-refractivity contribution in [3.05, 3.63) is 87.7 Å². The van der Waals surface area contributed by atoms with Crippen molar-refractivity contribution in [3.63, 3.8) is 0 Å². The summed E-state index contributed by atoms with van der Waals surface area (Å²) in [6, 6.07) is 19.1. The number of hydrogen-bond donors (Lipinski definition) is 0. The summed E-state index contributed by atoms with van der Waals surface area (Å²) in [6.07, 6.45) is 6.39. The van der Waals surface area contributed by atoms with Crippen LogP contribution < -0.4 is 9.47 Å². The van der Waals surface area contributed by atoms with E-state index >= 15 is 0 Å². The number of nitrogens with zero attached hydrogens (tertiary/aromatic N) is 4. The topological polar surface area (TPSA) is 61.5 Å². The number of ether oxygens (including phenoxy) is 2. The van der Waals surface area contributed by atoms with Crippen LogP contribution in [0.25, 0.3) is 11.4 Å². The quantitative estimate of drug-likeness (QED) is 0.239. The van der Waals surface area contributed by atoms with Crippen molar-refractivity contribution < 1.29 is 9.47 Å². The Balaban J connectivity index is 1.27. The number of aliphatic imine (C=N–C) groups is 1. The second kappa shape index (κ2) is 11.1. The van der Waals surface area contributed by atoms with Crippen LogP contribution >= 0.6 is 23.2 Å². The van der Waals surface area contributed by atoms with E-state index in [9.17, 15) is 0 Å². The number of aryl methyl sites for hydroxylation is 1. The van der Waals surface area contributed by atoms with Crippen molar-refractivity contribution in [2.24, 2.45) is 4.99 Å².